The molecular weight excluding hydrogens is 465 g/mol. The van der Waals surface area contributed by atoms with Gasteiger partial charge in [0.15, 0.2) is 16.9 Å². The molecule has 1 saturated heterocycles. The van der Waals surface area contributed by atoms with Gasteiger partial charge in [0.05, 0.1) is 22.5 Å². The highest BCUT2D eigenvalue weighted by Gasteiger charge is 2.20. The van der Waals surface area contributed by atoms with Gasteiger partial charge in [-0.05, 0) is 50.1 Å². The average Bonchev–Trinajstić information content (AvgIpc) is 3.47. The van der Waals surface area contributed by atoms with Gasteiger partial charge in [-0.3, -0.25) is 4.79 Å². The maximum atomic E-state index is 15.3. The van der Waals surface area contributed by atoms with E-state index in [9.17, 15) is 4.79 Å². The lowest BCUT2D eigenvalue weighted by atomic mass is 10.1. The van der Waals surface area contributed by atoms with E-state index in [1.165, 1.54) is 30.2 Å². The number of thiazole rings is 1. The number of fused-ring (bicyclic) bond motifs is 2. The zero-order valence-corrected chi connectivity index (χ0v) is 20.4. The van der Waals surface area contributed by atoms with Crippen LogP contribution in [0, 0.1) is 5.82 Å². The number of hydrogen-bond acceptors (Lipinski definition) is 6. The monoisotopic (exact) mass is 491 g/mol. The first-order valence-corrected chi connectivity index (χ1v) is 13.0. The minimum absolute atomic E-state index is 0.197. The normalized spacial score (nSPS) is 15.5. The van der Waals surface area contributed by atoms with Crippen molar-refractivity contribution in [2.24, 2.45) is 0 Å². The fraction of sp³-hybridized carbons (Fsp3) is 0.333. The lowest BCUT2D eigenvalue weighted by Gasteiger charge is -2.24. The number of rotatable bonds is 4. The fourth-order valence-electron chi connectivity index (χ4n) is 4.95. The Bertz CT molecular complexity index is 1470. The molecule has 2 aliphatic rings. The van der Waals surface area contributed by atoms with E-state index in [0.717, 1.165) is 42.7 Å². The van der Waals surface area contributed by atoms with Crippen LogP contribution in [0.5, 0.6) is 11.5 Å². The summed E-state index contributed by atoms with van der Waals surface area (Å²) in [6.45, 7) is 4.60. The molecule has 0 bridgehead atoms. The van der Waals surface area contributed by atoms with Crippen molar-refractivity contribution >= 4 is 27.9 Å². The van der Waals surface area contributed by atoms with Crippen LogP contribution in [0.15, 0.2) is 46.7 Å². The van der Waals surface area contributed by atoms with Gasteiger partial charge in [0.2, 0.25) is 6.79 Å². The molecule has 0 unspecified atom stereocenters. The second-order valence-corrected chi connectivity index (χ2v) is 9.84. The van der Waals surface area contributed by atoms with Crippen molar-refractivity contribution in [1.29, 1.82) is 0 Å². The summed E-state index contributed by atoms with van der Waals surface area (Å²) in [5.41, 5.74) is 3.29. The molecule has 0 radical (unpaired) electrons. The third kappa shape index (κ3) is 3.95. The van der Waals surface area contributed by atoms with Crippen LogP contribution in [-0.2, 0) is 6.54 Å². The highest BCUT2D eigenvalue weighted by atomic mass is 32.1. The van der Waals surface area contributed by atoms with Gasteiger partial charge >= 0.3 is 0 Å². The molecule has 180 valence electrons. The van der Waals surface area contributed by atoms with Crippen LogP contribution in [0.25, 0.3) is 32.7 Å². The molecular formula is C27H26FN3O3S. The zero-order chi connectivity index (χ0) is 23.9. The summed E-state index contributed by atoms with van der Waals surface area (Å²) in [7, 11) is 0. The van der Waals surface area contributed by atoms with Crippen LogP contribution < -0.4 is 19.8 Å². The Kier molecular flexibility index (Phi) is 5.68. The first-order chi connectivity index (χ1) is 17.1. The van der Waals surface area contributed by atoms with E-state index in [1.54, 1.807) is 0 Å². The van der Waals surface area contributed by atoms with Crippen LogP contribution in [0.4, 0.5) is 10.1 Å². The second kappa shape index (κ2) is 9.00. The van der Waals surface area contributed by atoms with E-state index in [2.05, 4.69) is 4.90 Å². The highest BCUT2D eigenvalue weighted by molar-refractivity contribution is 7.13. The Morgan fingerprint density at radius 1 is 1.06 bits per heavy atom. The Balaban J connectivity index is 1.42. The van der Waals surface area contributed by atoms with Gasteiger partial charge in [0.25, 0.3) is 0 Å². The van der Waals surface area contributed by atoms with Gasteiger partial charge in [-0.1, -0.05) is 12.8 Å². The quantitative estimate of drug-likeness (QED) is 0.347. The summed E-state index contributed by atoms with van der Waals surface area (Å²) in [5, 5.41) is 2.93. The Hall–Kier alpha value is -3.39. The number of halogens is 1. The lowest BCUT2D eigenvalue weighted by molar-refractivity contribution is 0.174. The maximum Gasteiger partial charge on any atom is 0.231 e. The van der Waals surface area contributed by atoms with Crippen LogP contribution in [-0.4, -0.2) is 29.4 Å². The Labute approximate surface area is 206 Å². The standard InChI is InChI=1S/C27H26FN3O3S/c1-2-30-14-19(27-29-21(15-35-27)17-7-8-24-25(11-17)34-16-33-24)26(32)18-12-20(28)23(13-22(18)30)31-9-5-3-4-6-10-31/h7-8,11-15H,2-6,9-10,16H2,1H3. The number of aryl methyl sites for hydroxylation is 1. The molecule has 2 aromatic carbocycles. The number of hydrogen-bond donors (Lipinski definition) is 0. The van der Waals surface area contributed by atoms with E-state index in [-0.39, 0.29) is 18.0 Å². The molecule has 0 spiro atoms. The topological polar surface area (TPSA) is 56.6 Å². The largest absolute Gasteiger partial charge is 0.454 e. The van der Waals surface area contributed by atoms with E-state index in [0.29, 0.717) is 39.7 Å². The molecule has 1 fully saturated rings. The van der Waals surface area contributed by atoms with Crippen LogP contribution in [0.2, 0.25) is 0 Å². The molecule has 4 heterocycles. The molecule has 2 aromatic heterocycles. The van der Waals surface area contributed by atoms with E-state index in [4.69, 9.17) is 14.5 Å². The van der Waals surface area contributed by atoms with Crippen LogP contribution >= 0.6 is 11.3 Å². The molecule has 0 aliphatic carbocycles. The van der Waals surface area contributed by atoms with Crippen molar-refractivity contribution in [3.05, 3.63) is 57.9 Å². The van der Waals surface area contributed by atoms with E-state index >= 15 is 4.39 Å². The SMILES string of the molecule is CCn1cc(-c2nc(-c3ccc4c(c3)OCO4)cs2)c(=O)c2cc(F)c(N3CCCCCC3)cc21. The number of ether oxygens (including phenoxy) is 2. The fourth-order valence-corrected chi connectivity index (χ4v) is 5.79. The predicted octanol–water partition coefficient (Wildman–Crippen LogP) is 6.06. The summed E-state index contributed by atoms with van der Waals surface area (Å²) >= 11 is 1.41. The molecule has 0 N–H and O–H groups in total. The first kappa shape index (κ1) is 22.1. The van der Waals surface area contributed by atoms with Crippen molar-refractivity contribution in [2.75, 3.05) is 24.8 Å². The van der Waals surface area contributed by atoms with Crippen molar-refractivity contribution in [3.8, 4) is 33.3 Å². The summed E-state index contributed by atoms with van der Waals surface area (Å²) in [6.07, 6.45) is 6.34. The third-order valence-electron chi connectivity index (χ3n) is 6.84. The molecule has 0 atom stereocenters. The van der Waals surface area contributed by atoms with Crippen molar-refractivity contribution in [1.82, 2.24) is 9.55 Å². The smallest absolute Gasteiger partial charge is 0.231 e. The summed E-state index contributed by atoms with van der Waals surface area (Å²) in [6, 6.07) is 8.95. The lowest BCUT2D eigenvalue weighted by Crippen LogP contribution is -2.25. The van der Waals surface area contributed by atoms with E-state index < -0.39 is 0 Å². The Morgan fingerprint density at radius 2 is 1.86 bits per heavy atom. The molecule has 0 amide bonds. The minimum atomic E-state index is -0.337. The predicted molar refractivity (Wildman–Crippen MR) is 137 cm³/mol. The molecule has 2 aliphatic heterocycles. The number of pyridine rings is 1. The van der Waals surface area contributed by atoms with Crippen LogP contribution in [0.3, 0.4) is 0 Å². The third-order valence-corrected chi connectivity index (χ3v) is 7.71. The summed E-state index contributed by atoms with van der Waals surface area (Å²) in [5.74, 6) is 1.06. The number of benzene rings is 2. The molecule has 0 saturated carbocycles. The molecule has 4 aromatic rings. The summed E-state index contributed by atoms with van der Waals surface area (Å²) in [4.78, 5) is 20.4. The second-order valence-electron chi connectivity index (χ2n) is 8.99. The van der Waals surface area contributed by atoms with Gasteiger partial charge in [0, 0.05) is 42.2 Å². The maximum absolute atomic E-state index is 15.3. The van der Waals surface area contributed by atoms with Crippen molar-refractivity contribution < 1.29 is 13.9 Å². The zero-order valence-electron chi connectivity index (χ0n) is 19.6. The number of aromatic nitrogens is 2. The van der Waals surface area contributed by atoms with Crippen molar-refractivity contribution in [3.63, 3.8) is 0 Å². The van der Waals surface area contributed by atoms with Gasteiger partial charge in [0.1, 0.15) is 10.8 Å². The highest BCUT2D eigenvalue weighted by Crippen LogP contribution is 2.37. The van der Waals surface area contributed by atoms with Gasteiger partial charge < -0.3 is 18.9 Å². The molecule has 6 rings (SSSR count). The van der Waals surface area contributed by atoms with Gasteiger partial charge in [-0.25, -0.2) is 9.37 Å². The first-order valence-electron chi connectivity index (χ1n) is 12.1. The number of anilines is 1. The summed E-state index contributed by atoms with van der Waals surface area (Å²) < 4.78 is 28.2. The van der Waals surface area contributed by atoms with Gasteiger partial charge in [-0.15, -0.1) is 11.3 Å². The molecule has 8 heteroatoms. The minimum Gasteiger partial charge on any atom is -0.454 e. The molecule has 6 nitrogen and oxygen atoms in total. The molecule has 35 heavy (non-hydrogen) atoms. The van der Waals surface area contributed by atoms with E-state index in [1.807, 2.05) is 47.3 Å². The van der Waals surface area contributed by atoms with Crippen molar-refractivity contribution in [2.45, 2.75) is 39.2 Å². The number of nitrogens with zero attached hydrogens (tertiary/aromatic N) is 3. The Morgan fingerprint density at radius 3 is 2.66 bits per heavy atom. The van der Waals surface area contributed by atoms with Gasteiger partial charge in [-0.2, -0.15) is 0 Å². The average molecular weight is 492 g/mol. The van der Waals surface area contributed by atoms with Crippen LogP contribution in [0.1, 0.15) is 32.6 Å².